The average molecular weight is 2170 g/mol. The van der Waals surface area contributed by atoms with Crippen molar-refractivity contribution in [3.63, 3.8) is 0 Å². The van der Waals surface area contributed by atoms with Crippen LogP contribution in [0.5, 0.6) is 0 Å². The number of amides is 5. The van der Waals surface area contributed by atoms with Crippen molar-refractivity contribution in [2.45, 2.75) is 504 Å². The molecule has 7 rings (SSSR count). The van der Waals surface area contributed by atoms with Crippen LogP contribution in [0.25, 0.3) is 0 Å². The molecular weight excluding hydrogens is 1990 g/mol. The monoisotopic (exact) mass is 2170 g/mol. The predicted molar refractivity (Wildman–Crippen MR) is 522 cm³/mol. The number of aliphatic hydroxyl groups is 22. The van der Waals surface area contributed by atoms with Gasteiger partial charge in [-0.3, -0.25) is 24.0 Å². The van der Waals surface area contributed by atoms with Crippen LogP contribution in [-0.2, 0) is 99.9 Å². The first kappa shape index (κ1) is 131. The van der Waals surface area contributed by atoms with Gasteiger partial charge in [-0.1, -0.05) is 205 Å². The number of rotatable bonds is 71. The van der Waals surface area contributed by atoms with Gasteiger partial charge >= 0.3 is 11.9 Å². The first-order valence-electron chi connectivity index (χ1n) is 53.5. The van der Waals surface area contributed by atoms with Crippen LogP contribution in [0.4, 0.5) is 0 Å². The maximum Gasteiger partial charge on any atom is 0.364 e. The molecular formula is C100H175N5O45. The zero-order valence-corrected chi connectivity index (χ0v) is 86.8. The Balaban J connectivity index is 1.18. The molecule has 0 radical (unpaired) electrons. The van der Waals surface area contributed by atoms with Crippen LogP contribution in [0.3, 0.4) is 0 Å². The quantitative estimate of drug-likeness (QED) is 0.0204. The molecule has 7 heterocycles. The Bertz CT molecular complexity index is 3900. The van der Waals surface area contributed by atoms with Gasteiger partial charge in [0.2, 0.25) is 29.5 Å². The number of unbranched alkanes of at least 4 members (excludes halogenated alkanes) is 30. The van der Waals surface area contributed by atoms with E-state index in [1.165, 1.54) is 128 Å². The van der Waals surface area contributed by atoms with E-state index in [0.29, 0.717) is 12.8 Å². The number of aliphatic carboxylic acids is 2. The molecule has 150 heavy (non-hydrogen) atoms. The maximum absolute atomic E-state index is 14.2. The molecule has 7 aliphatic heterocycles. The van der Waals surface area contributed by atoms with Crippen molar-refractivity contribution in [1.29, 1.82) is 0 Å². The van der Waals surface area contributed by atoms with Crippen molar-refractivity contribution >= 4 is 41.5 Å². The number of nitrogens with one attached hydrogen (secondary N) is 5. The Hall–Kier alpha value is -5.67. The van der Waals surface area contributed by atoms with E-state index in [4.69, 9.17) is 66.3 Å². The Morgan fingerprint density at radius 2 is 0.700 bits per heavy atom. The fraction of sp³-hybridized carbons (Fsp3) is 0.890. The van der Waals surface area contributed by atoms with E-state index in [2.05, 4.69) is 52.6 Å². The molecule has 50 nitrogen and oxygen atoms in total. The summed E-state index contributed by atoms with van der Waals surface area (Å²) in [5, 5.41) is 286. The summed E-state index contributed by atoms with van der Waals surface area (Å²) in [6, 6.07) is -9.39. The average Bonchev–Trinajstić information content (AvgIpc) is 0.745. The Labute approximate surface area is 874 Å². The third-order valence-electron chi connectivity index (χ3n) is 28.3. The van der Waals surface area contributed by atoms with Gasteiger partial charge in [-0.15, -0.1) is 0 Å². The topological polar surface area (TPSA) is 794 Å². The number of aliphatic hydroxyl groups excluding tert-OH is 22. The summed E-state index contributed by atoms with van der Waals surface area (Å²) in [5.74, 6) is -16.6. The van der Waals surface area contributed by atoms with Crippen molar-refractivity contribution in [2.75, 3.05) is 59.5 Å². The maximum atomic E-state index is 14.2. The number of allylic oxidation sites excluding steroid dienone is 3. The van der Waals surface area contributed by atoms with Crippen molar-refractivity contribution in [2.24, 2.45) is 0 Å². The lowest BCUT2D eigenvalue weighted by Gasteiger charge is -2.53. The van der Waals surface area contributed by atoms with Crippen LogP contribution in [0.2, 0.25) is 0 Å². The van der Waals surface area contributed by atoms with E-state index in [1.54, 1.807) is 6.08 Å². The Morgan fingerprint density at radius 1 is 0.353 bits per heavy atom. The van der Waals surface area contributed by atoms with Gasteiger partial charge in [0.15, 0.2) is 31.5 Å². The summed E-state index contributed by atoms with van der Waals surface area (Å²) in [7, 11) is 0. The molecule has 0 aromatic rings. The highest BCUT2D eigenvalue weighted by Gasteiger charge is 2.66. The predicted octanol–water partition coefficient (Wildman–Crippen LogP) is -4.03. The van der Waals surface area contributed by atoms with Crippen LogP contribution < -0.4 is 26.6 Å². The minimum atomic E-state index is -3.59. The molecule has 0 spiro atoms. The minimum Gasteiger partial charge on any atom is -0.477 e. The number of carboxylic acid groups (broad SMARTS) is 2. The molecule has 14 unspecified atom stereocenters. The van der Waals surface area contributed by atoms with Gasteiger partial charge < -0.3 is 215 Å². The molecule has 39 atom stereocenters. The Kier molecular flexibility index (Phi) is 59.7. The molecule has 0 aromatic carbocycles. The zero-order valence-electron chi connectivity index (χ0n) is 86.8. The Morgan fingerprint density at radius 3 is 1.10 bits per heavy atom. The first-order valence-corrected chi connectivity index (χ1v) is 53.5. The number of ether oxygens (including phenoxy) is 14. The molecule has 7 saturated heterocycles. The highest BCUT2D eigenvalue weighted by atomic mass is 16.8. The fourth-order valence-electron chi connectivity index (χ4n) is 19.9. The minimum absolute atomic E-state index is 0.0674. The molecule has 50 heteroatoms. The molecule has 0 aliphatic carbocycles. The van der Waals surface area contributed by atoms with E-state index in [-0.39, 0.29) is 6.42 Å². The number of carbonyl (C=O) groups is 7. The van der Waals surface area contributed by atoms with Crippen LogP contribution in [-0.4, -0.2) is 462 Å². The normalized spacial score (nSPS) is 34.7. The van der Waals surface area contributed by atoms with Crippen molar-refractivity contribution in [3.05, 3.63) is 24.3 Å². The van der Waals surface area contributed by atoms with Gasteiger partial charge in [-0.2, -0.15) is 0 Å². The number of carbonyl (C=O) groups excluding carboxylic acids is 5. The fourth-order valence-corrected chi connectivity index (χ4v) is 19.9. The lowest BCUT2D eigenvalue weighted by molar-refractivity contribution is -0.408. The second-order valence-corrected chi connectivity index (χ2v) is 40.3. The van der Waals surface area contributed by atoms with Crippen molar-refractivity contribution in [1.82, 2.24) is 26.6 Å². The zero-order chi connectivity index (χ0) is 110. The van der Waals surface area contributed by atoms with Gasteiger partial charge in [-0.05, 0) is 44.9 Å². The first-order chi connectivity index (χ1) is 71.7. The lowest BCUT2D eigenvalue weighted by atomic mass is 9.88. The molecule has 870 valence electrons. The van der Waals surface area contributed by atoms with Crippen LogP contribution in [0.15, 0.2) is 24.3 Å². The van der Waals surface area contributed by atoms with Crippen molar-refractivity contribution in [3.8, 4) is 0 Å². The SMILES string of the molecule is CCCCCCCC/C=C\CCCCCCCCCCCCCCCC(=O)N[C@@H](CO[C@@H]1OC(CO)[C@@H](O[C@@H]2OC(CO)[C@H](O[C@@H]3OC(CO)[C@H](O)[C@H](O[C@@H]4OC(CO)[C@H](O[C@@H]5OC(CO)[C@H](O)[C@H](O)C5NC(C)=O)[C@H](O[C@]5(C(=O)O)CC(O)[C@@H](NC(=O)CO)C([C@H](O)[C@H](O)CO)O5)C4O)C3NC(C)=O)[C@H](O[C@]3(C(=O)O)CC(O)[C@@H](NC(C)=O)C([C@H](O)[C@H](O)CO)O3)C2O)[C@H](O)C1O)[C@H](O)/C=C/CCCCCCCCCCCCC. The van der Waals surface area contributed by atoms with E-state index in [1.807, 2.05) is 0 Å². The van der Waals surface area contributed by atoms with E-state index < -0.39 is 352 Å². The summed E-state index contributed by atoms with van der Waals surface area (Å²) in [6.45, 7) is -3.94. The molecule has 0 bridgehead atoms. The largest absolute Gasteiger partial charge is 0.477 e. The highest BCUT2D eigenvalue weighted by molar-refractivity contribution is 5.79. The molecule has 0 saturated carbocycles. The van der Waals surface area contributed by atoms with Crippen LogP contribution in [0.1, 0.15) is 266 Å². The van der Waals surface area contributed by atoms with E-state index in [0.717, 1.165) is 97.8 Å². The summed E-state index contributed by atoms with van der Waals surface area (Å²) in [6.07, 6.45) is -32.4. The van der Waals surface area contributed by atoms with Gasteiger partial charge in [-0.25, -0.2) is 9.59 Å². The third kappa shape index (κ3) is 39.2. The number of hydrogen-bond acceptors (Lipinski definition) is 43. The van der Waals surface area contributed by atoms with Gasteiger partial charge in [0.25, 0.3) is 11.6 Å². The third-order valence-corrected chi connectivity index (χ3v) is 28.3. The second kappa shape index (κ2) is 68.2. The van der Waals surface area contributed by atoms with E-state index >= 15 is 0 Å². The second-order valence-electron chi connectivity index (χ2n) is 40.3. The summed E-state index contributed by atoms with van der Waals surface area (Å²) < 4.78 is 85.9. The lowest BCUT2D eigenvalue weighted by Crippen LogP contribution is -2.73. The molecule has 5 amide bonds. The molecule has 29 N–H and O–H groups in total. The standard InChI is InChI=1S/C100H175N5O45/c1-6-8-10-12-14-16-18-20-21-22-23-24-25-26-27-28-29-31-33-35-37-39-41-43-69(122)104-58(59(117)42-40-38-36-34-32-30-19-17-15-13-11-9-7-2)54-137-94-81(130)80(129)84(66(50-110)140-94)143-95-82(131)90(149-99(97(133)134)44-60(118)71(101-55(3)114)88(147-99)75(124)62(120)46-106)86(68(52-112)141-95)145-93-74(103-57(5)116)87(78(127)65(49-109)139-93)146-96-83(132)91(85(67(51-111)142-96)144-92-73(102-56(4)115)79(128)77(126)64(48-108)138-92)150-100(98(135)136)45-61(119)72(105-70(123)53-113)89(148-100)76(125)63(121)47-107/h20-21,40,42,58-68,71-96,106-113,117-121,124-132H,6-19,22-39,41,43-54H2,1-5H3,(H,101,114)(H,102,115)(H,103,116)(H,104,122)(H,105,123)(H,133,134)(H,135,136)/b21-20-,42-40+/t58-,59+,60?,61?,62+,63+,64?,65?,66?,67?,68?,71+,72+,73?,74?,75+,76+,77-,78-,79+,80+,81?,82?,83?,84+,85-,86-,87+,88?,89?,90+,91+,92-,93-,94+,95-,96-,99-,100-/m0/s1. The molecule has 7 fully saturated rings. The van der Waals surface area contributed by atoms with Crippen molar-refractivity contribution < 1.29 is 222 Å². The van der Waals surface area contributed by atoms with E-state index in [9.17, 15) is 156 Å². The molecule has 7 aliphatic rings. The van der Waals surface area contributed by atoms with Gasteiger partial charge in [0.1, 0.15) is 165 Å². The van der Waals surface area contributed by atoms with Crippen LogP contribution in [0, 0.1) is 0 Å². The van der Waals surface area contributed by atoms with Crippen LogP contribution >= 0.6 is 0 Å². The summed E-state index contributed by atoms with van der Waals surface area (Å²) in [4.78, 5) is 94.2. The highest BCUT2D eigenvalue weighted by Crippen LogP contribution is 2.45. The van der Waals surface area contributed by atoms with Gasteiger partial charge in [0.05, 0.1) is 89.3 Å². The molecule has 0 aromatic heterocycles. The number of hydrogen-bond donors (Lipinski definition) is 29. The summed E-state index contributed by atoms with van der Waals surface area (Å²) in [5.41, 5.74) is 0. The summed E-state index contributed by atoms with van der Waals surface area (Å²) >= 11 is 0. The number of carboxylic acids is 2. The smallest absolute Gasteiger partial charge is 0.364 e. The van der Waals surface area contributed by atoms with Gasteiger partial charge in [0, 0.05) is 40.0 Å².